The molecule has 1 aliphatic rings. The van der Waals surface area contributed by atoms with Gasteiger partial charge in [0.25, 0.3) is 5.91 Å². The lowest BCUT2D eigenvalue weighted by Gasteiger charge is -2.23. The zero-order chi connectivity index (χ0) is 24.7. The number of carbonyl (C=O) groups is 3. The van der Waals surface area contributed by atoms with Crippen molar-refractivity contribution >= 4 is 34.6 Å². The second-order valence-corrected chi connectivity index (χ2v) is 8.03. The number of anilines is 1. The molecule has 1 heterocycles. The molecule has 10 heteroatoms. The number of fused-ring (bicyclic) bond motifs is 1. The molecule has 0 bridgehead atoms. The summed E-state index contributed by atoms with van der Waals surface area (Å²) in [6.07, 6.45) is 4.52. The number of likely N-dealkylation sites (N-methyl/N-ethyl adjacent to an activating group) is 1. The summed E-state index contributed by atoms with van der Waals surface area (Å²) in [5.74, 6) is -3.78. The summed E-state index contributed by atoms with van der Waals surface area (Å²) in [7, 11) is 1.48. The van der Waals surface area contributed by atoms with Gasteiger partial charge in [-0.2, -0.15) is 4.73 Å². The van der Waals surface area contributed by atoms with Crippen LogP contribution in [-0.2, 0) is 9.59 Å². The third kappa shape index (κ3) is 3.85. The molecule has 0 radical (unpaired) electrons. The summed E-state index contributed by atoms with van der Waals surface area (Å²) in [6.45, 7) is 1.71. The average Bonchev–Trinajstić information content (AvgIpc) is 3.13. The van der Waals surface area contributed by atoms with Crippen LogP contribution in [0.25, 0.3) is 22.4 Å². The number of aromatic nitrogens is 2. The van der Waals surface area contributed by atoms with E-state index < -0.39 is 23.8 Å². The van der Waals surface area contributed by atoms with Crippen LogP contribution < -0.4 is 4.90 Å². The number of hydrogen-bond acceptors (Lipinski definition) is 6. The second-order valence-electron chi connectivity index (χ2n) is 8.03. The van der Waals surface area contributed by atoms with Crippen molar-refractivity contribution in [2.45, 2.75) is 6.92 Å². The lowest BCUT2D eigenvalue weighted by atomic mass is 9.87. The van der Waals surface area contributed by atoms with Crippen molar-refractivity contribution in [2.24, 2.45) is 11.8 Å². The van der Waals surface area contributed by atoms with Crippen molar-refractivity contribution in [2.75, 3.05) is 11.9 Å². The molecule has 34 heavy (non-hydrogen) atoms. The second kappa shape index (κ2) is 8.39. The van der Waals surface area contributed by atoms with E-state index in [0.29, 0.717) is 16.7 Å². The molecule has 2 aromatic carbocycles. The van der Waals surface area contributed by atoms with E-state index in [1.807, 2.05) is 0 Å². The van der Waals surface area contributed by atoms with Gasteiger partial charge >= 0.3 is 11.9 Å². The van der Waals surface area contributed by atoms with E-state index in [0.717, 1.165) is 4.73 Å². The number of nitrogens with zero attached hydrogens (tertiary/aromatic N) is 3. The molecular weight excluding hydrogens is 442 g/mol. The summed E-state index contributed by atoms with van der Waals surface area (Å²) in [5.41, 5.74) is 1.39. The average molecular weight is 463 g/mol. The smallest absolute Gasteiger partial charge is 0.335 e. The van der Waals surface area contributed by atoms with Crippen LogP contribution in [0.3, 0.4) is 0 Å². The summed E-state index contributed by atoms with van der Waals surface area (Å²) >= 11 is 0. The first-order valence-electron chi connectivity index (χ1n) is 10.3. The molecule has 0 saturated carbocycles. The maximum Gasteiger partial charge on any atom is 0.335 e. The first-order valence-corrected chi connectivity index (χ1v) is 10.3. The van der Waals surface area contributed by atoms with Crippen LogP contribution in [0.5, 0.6) is 5.75 Å². The van der Waals surface area contributed by atoms with Crippen molar-refractivity contribution in [1.29, 1.82) is 0 Å². The van der Waals surface area contributed by atoms with E-state index in [9.17, 15) is 29.8 Å². The molecular formula is C24H21N3O7. The Hall–Kier alpha value is -4.60. The highest BCUT2D eigenvalue weighted by Gasteiger charge is 2.27. The van der Waals surface area contributed by atoms with Gasteiger partial charge in [-0.1, -0.05) is 25.2 Å². The Morgan fingerprint density at radius 1 is 1.09 bits per heavy atom. The molecule has 4 rings (SSSR count). The van der Waals surface area contributed by atoms with Crippen molar-refractivity contribution in [3.8, 4) is 17.1 Å². The zero-order valence-electron chi connectivity index (χ0n) is 18.2. The monoisotopic (exact) mass is 463 g/mol. The topological polar surface area (TPSA) is 153 Å². The maximum absolute atomic E-state index is 12.9. The van der Waals surface area contributed by atoms with Crippen LogP contribution in [0.4, 0.5) is 5.69 Å². The van der Waals surface area contributed by atoms with Crippen molar-refractivity contribution in [3.63, 3.8) is 0 Å². The molecule has 0 aliphatic heterocycles. The van der Waals surface area contributed by atoms with Crippen LogP contribution in [0, 0.1) is 11.8 Å². The van der Waals surface area contributed by atoms with Crippen LogP contribution >= 0.6 is 0 Å². The lowest BCUT2D eigenvalue weighted by molar-refractivity contribution is -0.141. The van der Waals surface area contributed by atoms with Crippen molar-refractivity contribution < 1.29 is 34.9 Å². The maximum atomic E-state index is 12.9. The number of benzene rings is 2. The van der Waals surface area contributed by atoms with Crippen molar-refractivity contribution in [3.05, 3.63) is 65.8 Å². The minimum absolute atomic E-state index is 0.0114. The molecule has 10 nitrogen and oxygen atoms in total. The van der Waals surface area contributed by atoms with Gasteiger partial charge in [-0.05, 0) is 42.3 Å². The number of phenolic OH excluding ortho intramolecular Hbond substituents is 1. The van der Waals surface area contributed by atoms with Crippen molar-refractivity contribution in [1.82, 2.24) is 9.71 Å². The molecule has 1 amide bonds. The van der Waals surface area contributed by atoms with Gasteiger partial charge in [0.1, 0.15) is 11.3 Å². The van der Waals surface area contributed by atoms with Gasteiger partial charge in [-0.3, -0.25) is 9.59 Å². The molecule has 2 atom stereocenters. The van der Waals surface area contributed by atoms with E-state index in [1.165, 1.54) is 54.4 Å². The lowest BCUT2D eigenvalue weighted by Crippen LogP contribution is -2.30. The summed E-state index contributed by atoms with van der Waals surface area (Å²) in [6, 6.07) is 8.50. The third-order valence-electron chi connectivity index (χ3n) is 5.80. The van der Waals surface area contributed by atoms with Crippen LogP contribution in [0.15, 0.2) is 60.2 Å². The van der Waals surface area contributed by atoms with Gasteiger partial charge in [0.2, 0.25) is 0 Å². The van der Waals surface area contributed by atoms with E-state index in [1.54, 1.807) is 19.1 Å². The fourth-order valence-corrected chi connectivity index (χ4v) is 3.91. The zero-order valence-corrected chi connectivity index (χ0v) is 18.2. The summed E-state index contributed by atoms with van der Waals surface area (Å²) in [4.78, 5) is 40.9. The van der Waals surface area contributed by atoms with Gasteiger partial charge in [-0.25, -0.2) is 9.78 Å². The predicted octanol–water partition coefficient (Wildman–Crippen LogP) is 3.14. The Balaban J connectivity index is 1.63. The van der Waals surface area contributed by atoms with Crippen LogP contribution in [-0.4, -0.2) is 55.1 Å². The van der Waals surface area contributed by atoms with Crippen LogP contribution in [0.2, 0.25) is 0 Å². The van der Waals surface area contributed by atoms with Gasteiger partial charge in [-0.15, -0.1) is 0 Å². The van der Waals surface area contributed by atoms with Gasteiger partial charge in [0.15, 0.2) is 5.82 Å². The molecule has 4 N–H and O–H groups in total. The predicted molar refractivity (Wildman–Crippen MR) is 122 cm³/mol. The number of amides is 1. The molecule has 0 spiro atoms. The molecule has 0 fully saturated rings. The number of allylic oxidation sites excluding steroid dienone is 1. The quantitative estimate of drug-likeness (QED) is 0.421. The first kappa shape index (κ1) is 22.6. The minimum atomic E-state index is -1.14. The number of carboxylic acids is 2. The normalized spacial score (nSPS) is 17.4. The van der Waals surface area contributed by atoms with E-state index in [4.69, 9.17) is 5.11 Å². The molecule has 2 unspecified atom stereocenters. The Kier molecular flexibility index (Phi) is 5.58. The number of aliphatic carboxylic acids is 1. The molecule has 3 aromatic rings. The minimum Gasteiger partial charge on any atom is -0.506 e. The SMILES string of the molecule is CC1C=C(C(=O)N(C)c2ccc(-c3nc4ccc(C(=O)O)cc4n3O)cc2O)C=CC1C(=O)O. The van der Waals surface area contributed by atoms with Gasteiger partial charge < -0.3 is 25.4 Å². The summed E-state index contributed by atoms with van der Waals surface area (Å²) < 4.78 is 0.739. The highest BCUT2D eigenvalue weighted by atomic mass is 16.5. The first-order chi connectivity index (χ1) is 16.1. The van der Waals surface area contributed by atoms with Crippen LogP contribution in [0.1, 0.15) is 17.3 Å². The fourth-order valence-electron chi connectivity index (χ4n) is 3.91. The number of carbonyl (C=O) groups excluding carboxylic acids is 1. The molecule has 0 saturated heterocycles. The van der Waals surface area contributed by atoms with E-state index in [2.05, 4.69) is 4.98 Å². The Bertz CT molecular complexity index is 1400. The molecule has 1 aromatic heterocycles. The fraction of sp³-hybridized carbons (Fsp3) is 0.167. The number of aromatic carboxylic acids is 1. The number of imidazole rings is 1. The third-order valence-corrected chi connectivity index (χ3v) is 5.80. The number of aromatic hydroxyl groups is 1. The number of hydrogen-bond donors (Lipinski definition) is 4. The number of carboxylic acid groups (broad SMARTS) is 2. The standard InChI is InChI=1S/C24H21N3O7/c1-12-9-14(3-6-16(12)24(32)33)22(29)26(2)18-8-5-13(11-20(18)28)21-25-17-7-4-15(23(30)31)10-19(17)27(21)34/h3-12,16,28,34H,1-2H3,(H,30,31)(H,32,33). The Labute approximate surface area is 193 Å². The van der Waals surface area contributed by atoms with Gasteiger partial charge in [0, 0.05) is 18.2 Å². The molecule has 1 aliphatic carbocycles. The van der Waals surface area contributed by atoms with E-state index >= 15 is 0 Å². The number of phenols is 1. The summed E-state index contributed by atoms with van der Waals surface area (Å²) in [5, 5.41) is 39.5. The highest BCUT2D eigenvalue weighted by Crippen LogP contribution is 2.34. The Morgan fingerprint density at radius 2 is 1.82 bits per heavy atom. The van der Waals surface area contributed by atoms with Gasteiger partial charge in [0.05, 0.1) is 22.7 Å². The highest BCUT2D eigenvalue weighted by molar-refractivity contribution is 6.08. The van der Waals surface area contributed by atoms with E-state index in [-0.39, 0.29) is 34.3 Å². The number of rotatable bonds is 5. The Morgan fingerprint density at radius 3 is 2.44 bits per heavy atom. The largest absolute Gasteiger partial charge is 0.506 e. The molecule has 174 valence electrons.